The largest absolute Gasteiger partial charge is 0.483 e. The first-order valence-electron chi connectivity index (χ1n) is 7.98. The summed E-state index contributed by atoms with van der Waals surface area (Å²) in [6, 6.07) is 9.00. The Morgan fingerprint density at radius 3 is 2.35 bits per heavy atom. The van der Waals surface area contributed by atoms with Crippen LogP contribution in [0.25, 0.3) is 0 Å². The number of ether oxygens (including phenoxy) is 1. The van der Waals surface area contributed by atoms with Crippen molar-refractivity contribution in [3.05, 3.63) is 56.5 Å². The molecule has 5 nitrogen and oxygen atoms in total. The summed E-state index contributed by atoms with van der Waals surface area (Å²) in [6.07, 6.45) is 0. The molecule has 26 heavy (non-hydrogen) atoms. The van der Waals surface area contributed by atoms with Gasteiger partial charge in [0.05, 0.1) is 11.0 Å². The number of halogens is 2. The van der Waals surface area contributed by atoms with E-state index < -0.39 is 0 Å². The van der Waals surface area contributed by atoms with Gasteiger partial charge in [0.15, 0.2) is 6.61 Å². The highest BCUT2D eigenvalue weighted by atomic mass is 79.9. The number of amides is 2. The Hall–Kier alpha value is -2.05. The molecule has 2 amide bonds. The Morgan fingerprint density at radius 2 is 1.73 bits per heavy atom. The van der Waals surface area contributed by atoms with Gasteiger partial charge in [-0.1, -0.05) is 29.3 Å². The first-order chi connectivity index (χ1) is 12.3. The van der Waals surface area contributed by atoms with Gasteiger partial charge in [-0.25, -0.2) is 0 Å². The minimum absolute atomic E-state index is 0.128. The number of rotatable bonds is 6. The molecular weight excluding hydrogens is 420 g/mol. The normalized spacial score (nSPS) is 10.3. The van der Waals surface area contributed by atoms with Gasteiger partial charge < -0.3 is 15.4 Å². The Morgan fingerprint density at radius 1 is 1.08 bits per heavy atom. The van der Waals surface area contributed by atoms with Crippen molar-refractivity contribution in [2.75, 3.05) is 18.5 Å². The fraction of sp³-hybridized carbons (Fsp3) is 0.263. The fourth-order valence-corrected chi connectivity index (χ4v) is 3.32. The van der Waals surface area contributed by atoms with Crippen molar-refractivity contribution in [2.45, 2.75) is 20.8 Å². The van der Waals surface area contributed by atoms with Crippen molar-refractivity contribution in [1.82, 2.24) is 5.32 Å². The summed E-state index contributed by atoms with van der Waals surface area (Å²) in [5, 5.41) is 5.93. The van der Waals surface area contributed by atoms with E-state index >= 15 is 0 Å². The SMILES string of the molecule is Cc1cc(C)c(NC(=O)CNC(=O)COc2ccc(Cl)cc2Br)c(C)c1. The van der Waals surface area contributed by atoms with Crippen LogP contribution in [0.3, 0.4) is 0 Å². The Balaban J connectivity index is 1.83. The summed E-state index contributed by atoms with van der Waals surface area (Å²) < 4.78 is 6.06. The molecule has 138 valence electrons. The van der Waals surface area contributed by atoms with Gasteiger partial charge in [0.2, 0.25) is 5.91 Å². The number of anilines is 1. The summed E-state index contributed by atoms with van der Waals surface area (Å²) in [5.74, 6) is -0.180. The maximum absolute atomic E-state index is 12.1. The lowest BCUT2D eigenvalue weighted by Gasteiger charge is -2.13. The molecule has 2 N–H and O–H groups in total. The molecule has 0 aliphatic heterocycles. The number of benzene rings is 2. The van der Waals surface area contributed by atoms with E-state index in [1.807, 2.05) is 32.9 Å². The molecule has 0 spiro atoms. The van der Waals surface area contributed by atoms with Crippen molar-refractivity contribution in [2.24, 2.45) is 0 Å². The number of hydrogen-bond donors (Lipinski definition) is 2. The molecule has 0 aliphatic rings. The molecule has 0 bridgehead atoms. The van der Waals surface area contributed by atoms with Crippen molar-refractivity contribution in [3.8, 4) is 5.75 Å². The zero-order valence-corrected chi connectivity index (χ0v) is 17.1. The average molecular weight is 440 g/mol. The summed E-state index contributed by atoms with van der Waals surface area (Å²) in [4.78, 5) is 24.0. The van der Waals surface area contributed by atoms with Crippen LogP contribution in [0.4, 0.5) is 5.69 Å². The van der Waals surface area contributed by atoms with E-state index in [9.17, 15) is 9.59 Å². The molecule has 7 heteroatoms. The molecule has 0 aliphatic carbocycles. The summed E-state index contributed by atoms with van der Waals surface area (Å²) >= 11 is 9.16. The molecule has 0 unspecified atom stereocenters. The minimum Gasteiger partial charge on any atom is -0.483 e. The first kappa shape index (κ1) is 20.3. The van der Waals surface area contributed by atoms with Crippen LogP contribution in [0.5, 0.6) is 5.75 Å². The highest BCUT2D eigenvalue weighted by Gasteiger charge is 2.11. The number of nitrogens with one attached hydrogen (secondary N) is 2. The maximum Gasteiger partial charge on any atom is 0.258 e. The van der Waals surface area contributed by atoms with Gasteiger partial charge in [-0.3, -0.25) is 9.59 Å². The van der Waals surface area contributed by atoms with Gasteiger partial charge in [-0.2, -0.15) is 0 Å². The summed E-state index contributed by atoms with van der Waals surface area (Å²) in [7, 11) is 0. The van der Waals surface area contributed by atoms with E-state index in [4.69, 9.17) is 16.3 Å². The number of carbonyl (C=O) groups is 2. The molecule has 2 aromatic carbocycles. The van der Waals surface area contributed by atoms with Crippen LogP contribution in [0.1, 0.15) is 16.7 Å². The van der Waals surface area contributed by atoms with Crippen LogP contribution in [0.15, 0.2) is 34.8 Å². The second kappa shape index (κ2) is 9.05. The summed E-state index contributed by atoms with van der Waals surface area (Å²) in [5.41, 5.74) is 3.88. The van der Waals surface area contributed by atoms with Gasteiger partial charge in [0, 0.05) is 10.7 Å². The van der Waals surface area contributed by atoms with E-state index in [0.29, 0.717) is 15.2 Å². The van der Waals surface area contributed by atoms with Crippen molar-refractivity contribution >= 4 is 45.0 Å². The highest BCUT2D eigenvalue weighted by molar-refractivity contribution is 9.10. The highest BCUT2D eigenvalue weighted by Crippen LogP contribution is 2.27. The smallest absolute Gasteiger partial charge is 0.258 e. The molecule has 0 fully saturated rings. The third-order valence-electron chi connectivity index (χ3n) is 3.64. The van der Waals surface area contributed by atoms with Crippen LogP contribution < -0.4 is 15.4 Å². The van der Waals surface area contributed by atoms with E-state index in [1.54, 1.807) is 18.2 Å². The Labute approximate surface area is 166 Å². The maximum atomic E-state index is 12.1. The third-order valence-corrected chi connectivity index (χ3v) is 4.50. The van der Waals surface area contributed by atoms with Crippen LogP contribution in [-0.4, -0.2) is 25.0 Å². The van der Waals surface area contributed by atoms with Crippen LogP contribution in [-0.2, 0) is 9.59 Å². The van der Waals surface area contributed by atoms with Gasteiger partial charge in [0.25, 0.3) is 5.91 Å². The standard InChI is InChI=1S/C19H20BrClN2O3/c1-11-6-12(2)19(13(3)7-11)23-17(24)9-22-18(25)10-26-16-5-4-14(21)8-15(16)20/h4-8H,9-10H2,1-3H3,(H,22,25)(H,23,24). The predicted octanol–water partition coefficient (Wildman–Crippen LogP) is 4.16. The molecule has 0 atom stereocenters. The monoisotopic (exact) mass is 438 g/mol. The second-order valence-corrected chi connectivity index (χ2v) is 7.25. The molecule has 0 saturated carbocycles. The molecule has 0 saturated heterocycles. The van der Waals surface area contributed by atoms with Crippen LogP contribution in [0, 0.1) is 20.8 Å². The number of aryl methyl sites for hydroxylation is 3. The van der Waals surface area contributed by atoms with Gasteiger partial charge in [-0.05, 0) is 66.0 Å². The second-order valence-electron chi connectivity index (χ2n) is 5.96. The topological polar surface area (TPSA) is 67.4 Å². The van der Waals surface area contributed by atoms with E-state index in [2.05, 4.69) is 26.6 Å². The fourth-order valence-electron chi connectivity index (χ4n) is 2.53. The molecule has 2 aromatic rings. The van der Waals surface area contributed by atoms with Gasteiger partial charge in [-0.15, -0.1) is 0 Å². The third kappa shape index (κ3) is 5.75. The molecular formula is C19H20BrClN2O3. The van der Waals surface area contributed by atoms with Crippen molar-refractivity contribution < 1.29 is 14.3 Å². The molecule has 0 radical (unpaired) electrons. The Bertz CT molecular complexity index is 817. The van der Waals surface area contributed by atoms with Crippen LogP contribution in [0.2, 0.25) is 5.02 Å². The van der Waals surface area contributed by atoms with Gasteiger partial charge in [0.1, 0.15) is 5.75 Å². The van der Waals surface area contributed by atoms with E-state index in [0.717, 1.165) is 22.4 Å². The zero-order valence-electron chi connectivity index (χ0n) is 14.8. The number of carbonyl (C=O) groups excluding carboxylic acids is 2. The molecule has 2 rings (SSSR count). The van der Waals surface area contributed by atoms with Crippen molar-refractivity contribution in [1.29, 1.82) is 0 Å². The van der Waals surface area contributed by atoms with E-state index in [-0.39, 0.29) is 25.0 Å². The van der Waals surface area contributed by atoms with Crippen LogP contribution >= 0.6 is 27.5 Å². The number of hydrogen-bond acceptors (Lipinski definition) is 3. The van der Waals surface area contributed by atoms with Gasteiger partial charge >= 0.3 is 0 Å². The molecule has 0 aromatic heterocycles. The lowest BCUT2D eigenvalue weighted by molar-refractivity contribution is -0.125. The summed E-state index contributed by atoms with van der Waals surface area (Å²) in [6.45, 7) is 5.55. The molecule has 0 heterocycles. The predicted molar refractivity (Wildman–Crippen MR) is 107 cm³/mol. The lowest BCUT2D eigenvalue weighted by Crippen LogP contribution is -2.36. The lowest BCUT2D eigenvalue weighted by atomic mass is 10.1. The van der Waals surface area contributed by atoms with E-state index in [1.165, 1.54) is 0 Å². The average Bonchev–Trinajstić information content (AvgIpc) is 2.55. The minimum atomic E-state index is -0.389. The zero-order chi connectivity index (χ0) is 19.3. The Kier molecular flexibility index (Phi) is 7.06. The quantitative estimate of drug-likeness (QED) is 0.710. The first-order valence-corrected chi connectivity index (χ1v) is 9.15. The van der Waals surface area contributed by atoms with Crippen molar-refractivity contribution in [3.63, 3.8) is 0 Å².